The number of carboxylic acids is 1. The topological polar surface area (TPSA) is 92.4 Å². The molecule has 2 aromatic rings. The van der Waals surface area contributed by atoms with Gasteiger partial charge in [-0.25, -0.2) is 9.78 Å². The highest BCUT2D eigenvalue weighted by Crippen LogP contribution is 2.20. The monoisotopic (exact) mass is 344 g/mol. The Morgan fingerprint density at radius 3 is 2.64 bits per heavy atom. The molecule has 0 aliphatic carbocycles. The van der Waals surface area contributed by atoms with E-state index in [0.29, 0.717) is 37.3 Å². The van der Waals surface area contributed by atoms with E-state index in [1.807, 2.05) is 37.3 Å². The smallest absolute Gasteiger partial charge is 0.329 e. The first kappa shape index (κ1) is 18.7. The maximum atomic E-state index is 12.0. The highest BCUT2D eigenvalue weighted by molar-refractivity contribution is 5.86. The second-order valence-corrected chi connectivity index (χ2v) is 6.27. The molecule has 1 aromatic carbocycles. The van der Waals surface area contributed by atoms with Crippen LogP contribution in [0.5, 0.6) is 0 Å². The van der Waals surface area contributed by atoms with Gasteiger partial charge in [-0.1, -0.05) is 43.7 Å². The summed E-state index contributed by atoms with van der Waals surface area (Å²) in [6, 6.07) is 9.68. The van der Waals surface area contributed by atoms with Gasteiger partial charge in [-0.3, -0.25) is 4.79 Å². The number of carbonyl (C=O) groups is 2. The summed E-state index contributed by atoms with van der Waals surface area (Å²) in [5.41, 5.74) is -0.259. The number of aromatic nitrogens is 1. The lowest BCUT2D eigenvalue weighted by atomic mass is 9.96. The SMILES string of the molecule is CCCC(C)(NC(=O)CCCc1ncc(-c2ccccc2)o1)C(=O)O. The third-order valence-electron chi connectivity index (χ3n) is 4.04. The van der Waals surface area contributed by atoms with Gasteiger partial charge in [0, 0.05) is 18.4 Å². The van der Waals surface area contributed by atoms with Gasteiger partial charge >= 0.3 is 5.97 Å². The van der Waals surface area contributed by atoms with Crippen molar-refractivity contribution in [2.45, 2.75) is 51.5 Å². The molecule has 0 spiro atoms. The molecule has 0 aliphatic rings. The van der Waals surface area contributed by atoms with Crippen LogP contribution in [-0.4, -0.2) is 27.5 Å². The quantitative estimate of drug-likeness (QED) is 0.727. The molecule has 0 fully saturated rings. The highest BCUT2D eigenvalue weighted by atomic mass is 16.4. The van der Waals surface area contributed by atoms with Gasteiger partial charge in [0.05, 0.1) is 6.20 Å². The van der Waals surface area contributed by atoms with Crippen molar-refractivity contribution in [3.63, 3.8) is 0 Å². The molecule has 0 bridgehead atoms. The number of carboxylic acid groups (broad SMARTS) is 1. The Labute approximate surface area is 147 Å². The van der Waals surface area contributed by atoms with Gasteiger partial charge in [0.25, 0.3) is 0 Å². The van der Waals surface area contributed by atoms with Crippen LogP contribution in [0.3, 0.4) is 0 Å². The lowest BCUT2D eigenvalue weighted by Gasteiger charge is -2.25. The number of amides is 1. The first-order valence-corrected chi connectivity index (χ1v) is 8.49. The van der Waals surface area contributed by atoms with E-state index in [-0.39, 0.29) is 12.3 Å². The molecule has 1 aromatic heterocycles. The van der Waals surface area contributed by atoms with Crippen LogP contribution in [0.4, 0.5) is 0 Å². The van der Waals surface area contributed by atoms with Crippen LogP contribution in [0.25, 0.3) is 11.3 Å². The molecule has 1 unspecified atom stereocenters. The van der Waals surface area contributed by atoms with Gasteiger partial charge in [0.15, 0.2) is 11.7 Å². The van der Waals surface area contributed by atoms with Crippen LogP contribution in [0.2, 0.25) is 0 Å². The van der Waals surface area contributed by atoms with E-state index in [1.165, 1.54) is 6.92 Å². The second-order valence-electron chi connectivity index (χ2n) is 6.27. The Bertz CT molecular complexity index is 711. The predicted octanol–water partition coefficient (Wildman–Crippen LogP) is 3.42. The summed E-state index contributed by atoms with van der Waals surface area (Å²) < 4.78 is 5.69. The molecule has 0 saturated heterocycles. The van der Waals surface area contributed by atoms with Gasteiger partial charge in [-0.2, -0.15) is 0 Å². The number of rotatable bonds is 9. The molecule has 6 nitrogen and oxygen atoms in total. The van der Waals surface area contributed by atoms with Crippen molar-refractivity contribution in [2.75, 3.05) is 0 Å². The van der Waals surface area contributed by atoms with E-state index < -0.39 is 11.5 Å². The Hall–Kier alpha value is -2.63. The lowest BCUT2D eigenvalue weighted by molar-refractivity contribution is -0.147. The number of aliphatic carboxylic acids is 1. The first-order valence-electron chi connectivity index (χ1n) is 8.49. The fourth-order valence-electron chi connectivity index (χ4n) is 2.65. The zero-order valence-electron chi connectivity index (χ0n) is 14.6. The second kappa shape index (κ2) is 8.46. The van der Waals surface area contributed by atoms with E-state index in [1.54, 1.807) is 6.20 Å². The molecule has 1 atom stereocenters. The molecule has 0 aliphatic heterocycles. The van der Waals surface area contributed by atoms with Crippen molar-refractivity contribution >= 4 is 11.9 Å². The molecule has 2 N–H and O–H groups in total. The van der Waals surface area contributed by atoms with E-state index in [0.717, 1.165) is 5.56 Å². The van der Waals surface area contributed by atoms with Crippen molar-refractivity contribution in [3.8, 4) is 11.3 Å². The largest absolute Gasteiger partial charge is 0.480 e. The van der Waals surface area contributed by atoms with Crippen LogP contribution in [0, 0.1) is 0 Å². The van der Waals surface area contributed by atoms with E-state index in [4.69, 9.17) is 4.42 Å². The molecular formula is C19H24N2O4. The summed E-state index contributed by atoms with van der Waals surface area (Å²) in [7, 11) is 0. The van der Waals surface area contributed by atoms with E-state index in [2.05, 4.69) is 10.3 Å². The summed E-state index contributed by atoms with van der Waals surface area (Å²) in [6.07, 6.45) is 4.05. The van der Waals surface area contributed by atoms with Crippen LogP contribution in [0.15, 0.2) is 40.9 Å². The fourth-order valence-corrected chi connectivity index (χ4v) is 2.65. The van der Waals surface area contributed by atoms with Crippen molar-refractivity contribution in [1.29, 1.82) is 0 Å². The molecular weight excluding hydrogens is 320 g/mol. The minimum Gasteiger partial charge on any atom is -0.480 e. The zero-order valence-corrected chi connectivity index (χ0v) is 14.6. The Kier molecular flexibility index (Phi) is 6.33. The van der Waals surface area contributed by atoms with Gasteiger partial charge in [-0.05, 0) is 19.8 Å². The predicted molar refractivity (Wildman–Crippen MR) is 94.0 cm³/mol. The zero-order chi connectivity index (χ0) is 18.3. The third-order valence-corrected chi connectivity index (χ3v) is 4.04. The van der Waals surface area contributed by atoms with Crippen molar-refractivity contribution in [2.24, 2.45) is 0 Å². The standard InChI is InChI=1S/C19H24N2O4/c1-3-12-19(2,18(23)24)21-16(22)10-7-11-17-20-13-15(25-17)14-8-5-4-6-9-14/h4-6,8-9,13H,3,7,10-12H2,1-2H3,(H,21,22)(H,23,24). The summed E-state index contributed by atoms with van der Waals surface area (Å²) in [6.45, 7) is 3.43. The Morgan fingerprint density at radius 1 is 1.28 bits per heavy atom. The van der Waals surface area contributed by atoms with Crippen molar-refractivity contribution in [1.82, 2.24) is 10.3 Å². The number of oxazole rings is 1. The fraction of sp³-hybridized carbons (Fsp3) is 0.421. The highest BCUT2D eigenvalue weighted by Gasteiger charge is 2.33. The summed E-state index contributed by atoms with van der Waals surface area (Å²) in [5.74, 6) is -0.0150. The molecule has 0 saturated carbocycles. The first-order chi connectivity index (χ1) is 11.9. The van der Waals surface area contributed by atoms with Gasteiger partial charge in [-0.15, -0.1) is 0 Å². The maximum Gasteiger partial charge on any atom is 0.329 e. The number of carbonyl (C=O) groups excluding carboxylic acids is 1. The maximum absolute atomic E-state index is 12.0. The minimum atomic E-state index is -1.21. The lowest BCUT2D eigenvalue weighted by Crippen LogP contribution is -2.52. The molecule has 1 amide bonds. The number of benzene rings is 1. The average Bonchev–Trinajstić information content (AvgIpc) is 3.04. The van der Waals surface area contributed by atoms with Crippen LogP contribution in [-0.2, 0) is 16.0 Å². The number of nitrogens with zero attached hydrogens (tertiary/aromatic N) is 1. The van der Waals surface area contributed by atoms with Crippen LogP contribution < -0.4 is 5.32 Å². The number of aryl methyl sites for hydroxylation is 1. The summed E-state index contributed by atoms with van der Waals surface area (Å²) >= 11 is 0. The minimum absolute atomic E-state index is 0.232. The number of nitrogens with one attached hydrogen (secondary N) is 1. The van der Waals surface area contributed by atoms with Gasteiger partial charge in [0.1, 0.15) is 5.54 Å². The third kappa shape index (κ3) is 5.17. The molecule has 0 radical (unpaired) electrons. The van der Waals surface area contributed by atoms with Crippen LogP contribution >= 0.6 is 0 Å². The molecule has 2 rings (SSSR count). The van der Waals surface area contributed by atoms with Crippen molar-refractivity contribution < 1.29 is 19.1 Å². The number of hydrogen-bond donors (Lipinski definition) is 2. The molecule has 6 heteroatoms. The Balaban J connectivity index is 1.83. The van der Waals surface area contributed by atoms with E-state index >= 15 is 0 Å². The Morgan fingerprint density at radius 2 is 2.00 bits per heavy atom. The average molecular weight is 344 g/mol. The summed E-state index contributed by atoms with van der Waals surface area (Å²) in [5, 5.41) is 11.9. The normalized spacial score (nSPS) is 13.2. The van der Waals surface area contributed by atoms with Crippen molar-refractivity contribution in [3.05, 3.63) is 42.4 Å². The number of hydrogen-bond acceptors (Lipinski definition) is 4. The molecule has 25 heavy (non-hydrogen) atoms. The van der Waals surface area contributed by atoms with Gasteiger partial charge in [0.2, 0.25) is 5.91 Å². The van der Waals surface area contributed by atoms with Gasteiger partial charge < -0.3 is 14.8 Å². The summed E-state index contributed by atoms with van der Waals surface area (Å²) in [4.78, 5) is 27.6. The molecule has 1 heterocycles. The molecule has 134 valence electrons. The van der Waals surface area contributed by atoms with E-state index in [9.17, 15) is 14.7 Å². The van der Waals surface area contributed by atoms with Crippen LogP contribution in [0.1, 0.15) is 45.4 Å².